The van der Waals surface area contributed by atoms with Gasteiger partial charge in [-0.3, -0.25) is 14.6 Å². The number of hydrogen-bond donors (Lipinski definition) is 3. The van der Waals surface area contributed by atoms with Crippen LogP contribution in [0.2, 0.25) is 0 Å². The van der Waals surface area contributed by atoms with E-state index in [0.29, 0.717) is 17.0 Å². The van der Waals surface area contributed by atoms with Gasteiger partial charge in [0.05, 0.1) is 12.0 Å². The van der Waals surface area contributed by atoms with E-state index in [-0.39, 0.29) is 18.2 Å². The molecule has 0 aliphatic heterocycles. The lowest BCUT2D eigenvalue weighted by Crippen LogP contribution is -2.21. The summed E-state index contributed by atoms with van der Waals surface area (Å²) in [4.78, 5) is 28.0. The van der Waals surface area contributed by atoms with Gasteiger partial charge in [-0.1, -0.05) is 18.2 Å². The van der Waals surface area contributed by atoms with Crippen LogP contribution >= 0.6 is 0 Å². The van der Waals surface area contributed by atoms with Crippen LogP contribution in [0.15, 0.2) is 84.2 Å². The molecule has 1 heterocycles. The first-order valence-electron chi connectivity index (χ1n) is 9.06. The molecule has 2 amide bonds. The van der Waals surface area contributed by atoms with E-state index in [1.807, 2.05) is 54.6 Å². The quantitative estimate of drug-likeness (QED) is 0.422. The molecule has 0 saturated heterocycles. The summed E-state index contributed by atoms with van der Waals surface area (Å²) in [6.45, 7) is 1.68. The van der Waals surface area contributed by atoms with Crippen molar-refractivity contribution in [3.8, 4) is 0 Å². The summed E-state index contributed by atoms with van der Waals surface area (Å²) in [6, 6.07) is 20.5. The number of hydrazone groups is 1. The van der Waals surface area contributed by atoms with E-state index in [1.54, 1.807) is 25.3 Å². The van der Waals surface area contributed by atoms with Crippen molar-refractivity contribution in [1.82, 2.24) is 10.4 Å². The third-order valence-corrected chi connectivity index (χ3v) is 3.92. The summed E-state index contributed by atoms with van der Waals surface area (Å²) in [5.74, 6) is -0.593. The SMILES string of the molecule is CC(CC(=O)Nc1ccc(Nc2ccccc2)cc1)=NNC(=O)c1cccnc1. The van der Waals surface area contributed by atoms with Crippen LogP contribution in [0, 0.1) is 0 Å². The molecule has 0 unspecified atom stereocenters. The maximum absolute atomic E-state index is 12.2. The van der Waals surface area contributed by atoms with Crippen LogP contribution in [-0.4, -0.2) is 22.5 Å². The Morgan fingerprint density at radius 2 is 1.59 bits per heavy atom. The number of anilines is 3. The molecule has 0 aliphatic rings. The average molecular weight is 387 g/mol. The predicted molar refractivity (Wildman–Crippen MR) is 114 cm³/mol. The highest BCUT2D eigenvalue weighted by Crippen LogP contribution is 2.18. The number of carbonyl (C=O) groups excluding carboxylic acids is 2. The molecule has 0 radical (unpaired) electrons. The third-order valence-electron chi connectivity index (χ3n) is 3.92. The number of hydrogen-bond acceptors (Lipinski definition) is 5. The number of aromatic nitrogens is 1. The smallest absolute Gasteiger partial charge is 0.272 e. The van der Waals surface area contributed by atoms with Crippen molar-refractivity contribution in [1.29, 1.82) is 0 Å². The van der Waals surface area contributed by atoms with Gasteiger partial charge in [0.2, 0.25) is 5.91 Å². The highest BCUT2D eigenvalue weighted by atomic mass is 16.2. The van der Waals surface area contributed by atoms with E-state index in [2.05, 4.69) is 26.1 Å². The zero-order chi connectivity index (χ0) is 20.5. The molecule has 7 heteroatoms. The molecular formula is C22H21N5O2. The Morgan fingerprint density at radius 3 is 2.28 bits per heavy atom. The fourth-order valence-electron chi connectivity index (χ4n) is 2.51. The second kappa shape index (κ2) is 9.80. The largest absolute Gasteiger partial charge is 0.356 e. The lowest BCUT2D eigenvalue weighted by Gasteiger charge is -2.09. The minimum atomic E-state index is -0.376. The number of rotatable bonds is 7. The maximum Gasteiger partial charge on any atom is 0.272 e. The summed E-state index contributed by atoms with van der Waals surface area (Å²) in [7, 11) is 0. The Balaban J connectivity index is 1.49. The Kier molecular flexibility index (Phi) is 6.67. The van der Waals surface area contributed by atoms with Crippen LogP contribution in [0.1, 0.15) is 23.7 Å². The number of carbonyl (C=O) groups is 2. The number of para-hydroxylation sites is 1. The van der Waals surface area contributed by atoms with Gasteiger partial charge in [0, 0.05) is 35.2 Å². The van der Waals surface area contributed by atoms with Crippen molar-refractivity contribution in [2.45, 2.75) is 13.3 Å². The molecule has 7 nitrogen and oxygen atoms in total. The summed E-state index contributed by atoms with van der Waals surface area (Å²) < 4.78 is 0. The zero-order valence-corrected chi connectivity index (χ0v) is 15.9. The summed E-state index contributed by atoms with van der Waals surface area (Å²) in [5.41, 5.74) is 5.90. The number of nitrogens with one attached hydrogen (secondary N) is 3. The molecule has 0 aliphatic carbocycles. The first-order valence-corrected chi connectivity index (χ1v) is 9.06. The van der Waals surface area contributed by atoms with Gasteiger partial charge in [-0.25, -0.2) is 5.43 Å². The normalized spacial score (nSPS) is 10.9. The van der Waals surface area contributed by atoms with Gasteiger partial charge < -0.3 is 10.6 Å². The maximum atomic E-state index is 12.2. The Hall–Kier alpha value is -4.00. The number of pyridine rings is 1. The minimum absolute atomic E-state index is 0.0668. The van der Waals surface area contributed by atoms with Gasteiger partial charge in [-0.05, 0) is 55.5 Å². The van der Waals surface area contributed by atoms with Crippen molar-refractivity contribution < 1.29 is 9.59 Å². The standard InChI is InChI=1S/C22H21N5O2/c1-16(26-27-22(29)17-6-5-13-23-15-17)14-21(28)25-20-11-9-19(10-12-20)24-18-7-3-2-4-8-18/h2-13,15,24H,14H2,1H3,(H,25,28)(H,27,29). The fraction of sp³-hybridized carbons (Fsp3) is 0.0909. The van der Waals surface area contributed by atoms with Crippen LogP contribution in [-0.2, 0) is 4.79 Å². The van der Waals surface area contributed by atoms with Crippen molar-refractivity contribution in [2.24, 2.45) is 5.10 Å². The van der Waals surface area contributed by atoms with E-state index in [0.717, 1.165) is 11.4 Å². The molecule has 0 fully saturated rings. The van der Waals surface area contributed by atoms with Crippen LogP contribution in [0.5, 0.6) is 0 Å². The van der Waals surface area contributed by atoms with E-state index < -0.39 is 0 Å². The number of nitrogens with zero attached hydrogens (tertiary/aromatic N) is 2. The summed E-state index contributed by atoms with van der Waals surface area (Å²) in [5, 5.41) is 10.1. The average Bonchev–Trinajstić information content (AvgIpc) is 2.75. The highest BCUT2D eigenvalue weighted by Gasteiger charge is 2.07. The second-order valence-corrected chi connectivity index (χ2v) is 6.32. The molecule has 0 bridgehead atoms. The monoisotopic (exact) mass is 387 g/mol. The van der Waals surface area contributed by atoms with Gasteiger partial charge in [0.15, 0.2) is 0 Å². The summed E-state index contributed by atoms with van der Waals surface area (Å²) in [6.07, 6.45) is 3.10. The Bertz CT molecular complexity index is 987. The molecule has 1 aromatic heterocycles. The van der Waals surface area contributed by atoms with Crippen LogP contribution in [0.4, 0.5) is 17.1 Å². The molecule has 0 saturated carbocycles. The van der Waals surface area contributed by atoms with Crippen LogP contribution in [0.25, 0.3) is 0 Å². The fourth-order valence-corrected chi connectivity index (χ4v) is 2.51. The molecule has 29 heavy (non-hydrogen) atoms. The molecule has 0 atom stereocenters. The predicted octanol–water partition coefficient (Wildman–Crippen LogP) is 3.96. The van der Waals surface area contributed by atoms with Gasteiger partial charge in [-0.15, -0.1) is 0 Å². The topological polar surface area (TPSA) is 95.5 Å². The van der Waals surface area contributed by atoms with E-state index in [9.17, 15) is 9.59 Å². The minimum Gasteiger partial charge on any atom is -0.356 e. The van der Waals surface area contributed by atoms with Gasteiger partial charge >= 0.3 is 0 Å². The van der Waals surface area contributed by atoms with Crippen LogP contribution < -0.4 is 16.1 Å². The Morgan fingerprint density at radius 1 is 0.897 bits per heavy atom. The summed E-state index contributed by atoms with van der Waals surface area (Å²) >= 11 is 0. The van der Waals surface area contributed by atoms with Gasteiger partial charge in [0.25, 0.3) is 5.91 Å². The molecule has 146 valence electrons. The van der Waals surface area contributed by atoms with Crippen molar-refractivity contribution in [3.05, 3.63) is 84.7 Å². The van der Waals surface area contributed by atoms with E-state index >= 15 is 0 Å². The number of amides is 2. The Labute approximate surface area is 168 Å². The van der Waals surface area contributed by atoms with Crippen molar-refractivity contribution >= 4 is 34.6 Å². The molecule has 3 N–H and O–H groups in total. The third kappa shape index (κ3) is 6.28. The number of benzene rings is 2. The second-order valence-electron chi connectivity index (χ2n) is 6.32. The molecule has 0 spiro atoms. The molecule has 3 rings (SSSR count). The molecular weight excluding hydrogens is 366 g/mol. The van der Waals surface area contributed by atoms with Crippen molar-refractivity contribution in [2.75, 3.05) is 10.6 Å². The highest BCUT2D eigenvalue weighted by molar-refractivity contribution is 6.06. The van der Waals surface area contributed by atoms with E-state index in [4.69, 9.17) is 0 Å². The van der Waals surface area contributed by atoms with Crippen LogP contribution in [0.3, 0.4) is 0 Å². The molecule has 3 aromatic rings. The lowest BCUT2D eigenvalue weighted by atomic mass is 10.2. The van der Waals surface area contributed by atoms with Gasteiger partial charge in [0.1, 0.15) is 0 Å². The van der Waals surface area contributed by atoms with Gasteiger partial charge in [-0.2, -0.15) is 5.10 Å². The van der Waals surface area contributed by atoms with E-state index in [1.165, 1.54) is 6.20 Å². The lowest BCUT2D eigenvalue weighted by molar-refractivity contribution is -0.115. The van der Waals surface area contributed by atoms with Crippen molar-refractivity contribution in [3.63, 3.8) is 0 Å². The zero-order valence-electron chi connectivity index (χ0n) is 15.9. The first kappa shape index (κ1) is 19.8. The first-order chi connectivity index (χ1) is 14.1. The molecule has 2 aromatic carbocycles.